The van der Waals surface area contributed by atoms with Crippen molar-refractivity contribution in [1.82, 2.24) is 0 Å². The monoisotopic (exact) mass is 229 g/mol. The molecule has 0 N–H and O–H groups in total. The number of hydrogen-bond donors (Lipinski definition) is 0. The summed E-state index contributed by atoms with van der Waals surface area (Å²) >= 11 is 0. The number of nitro benzene ring substituents is 1. The van der Waals surface area contributed by atoms with Crippen molar-refractivity contribution < 1.29 is 23.6 Å². The van der Waals surface area contributed by atoms with E-state index in [0.29, 0.717) is 6.07 Å². The van der Waals surface area contributed by atoms with Gasteiger partial charge in [0.05, 0.1) is 25.2 Å². The summed E-state index contributed by atoms with van der Waals surface area (Å²) < 4.78 is 22.3. The van der Waals surface area contributed by atoms with E-state index in [4.69, 9.17) is 4.74 Å². The molecule has 0 aliphatic rings. The summed E-state index contributed by atoms with van der Waals surface area (Å²) in [5, 5.41) is 10.4. The van der Waals surface area contributed by atoms with Crippen molar-refractivity contribution in [1.29, 1.82) is 0 Å². The maximum atomic E-state index is 13.2. The Labute approximate surface area is 89.7 Å². The van der Waals surface area contributed by atoms with Gasteiger partial charge >= 0.3 is 11.7 Å². The van der Waals surface area contributed by atoms with Gasteiger partial charge in [-0.05, 0) is 6.07 Å². The first-order valence-corrected chi connectivity index (χ1v) is 4.11. The quantitative estimate of drug-likeness (QED) is 0.446. The predicted molar refractivity (Wildman–Crippen MR) is 50.9 cm³/mol. The number of nitrogens with zero attached hydrogens (tertiary/aromatic N) is 1. The van der Waals surface area contributed by atoms with E-state index in [1.165, 1.54) is 7.11 Å². The van der Waals surface area contributed by atoms with Crippen LogP contribution >= 0.6 is 0 Å². The zero-order valence-corrected chi connectivity index (χ0v) is 8.52. The summed E-state index contributed by atoms with van der Waals surface area (Å²) in [4.78, 5) is 20.7. The number of rotatable bonds is 3. The number of benzene rings is 1. The minimum atomic E-state index is -1.12. The van der Waals surface area contributed by atoms with Crippen LogP contribution in [0, 0.1) is 15.9 Å². The minimum absolute atomic E-state index is 0.111. The molecule has 0 radical (unpaired) electrons. The summed E-state index contributed by atoms with van der Waals surface area (Å²) in [7, 11) is 2.32. The molecule has 0 aromatic heterocycles. The fourth-order valence-corrected chi connectivity index (χ4v) is 1.12. The van der Waals surface area contributed by atoms with E-state index < -0.39 is 22.4 Å². The Balaban J connectivity index is 3.37. The van der Waals surface area contributed by atoms with E-state index in [9.17, 15) is 19.3 Å². The van der Waals surface area contributed by atoms with Crippen LogP contribution in [0.2, 0.25) is 0 Å². The molecule has 86 valence electrons. The zero-order valence-electron chi connectivity index (χ0n) is 8.52. The molecule has 0 saturated heterocycles. The second-order valence-electron chi connectivity index (χ2n) is 2.75. The predicted octanol–water partition coefficient (Wildman–Crippen LogP) is 1.53. The van der Waals surface area contributed by atoms with Gasteiger partial charge < -0.3 is 9.47 Å². The molecule has 1 aromatic rings. The van der Waals surface area contributed by atoms with Crippen molar-refractivity contribution in [2.75, 3.05) is 14.2 Å². The number of esters is 1. The summed E-state index contributed by atoms with van der Waals surface area (Å²) in [6.45, 7) is 0. The molecule has 0 atom stereocenters. The molecule has 0 unspecified atom stereocenters. The highest BCUT2D eigenvalue weighted by atomic mass is 19.1. The molecule has 0 aliphatic heterocycles. The van der Waals surface area contributed by atoms with Crippen molar-refractivity contribution in [2.24, 2.45) is 0 Å². The third kappa shape index (κ3) is 2.08. The van der Waals surface area contributed by atoms with Crippen LogP contribution in [-0.4, -0.2) is 25.1 Å². The van der Waals surface area contributed by atoms with Crippen LogP contribution in [0.4, 0.5) is 10.1 Å². The highest BCUT2D eigenvalue weighted by molar-refractivity contribution is 5.92. The van der Waals surface area contributed by atoms with Crippen LogP contribution < -0.4 is 4.74 Å². The molecule has 0 amide bonds. The number of hydrogen-bond acceptors (Lipinski definition) is 5. The molecule has 0 bridgehead atoms. The van der Waals surface area contributed by atoms with Crippen molar-refractivity contribution >= 4 is 11.7 Å². The van der Waals surface area contributed by atoms with Gasteiger partial charge in [0.1, 0.15) is 11.3 Å². The lowest BCUT2D eigenvalue weighted by Crippen LogP contribution is -2.06. The van der Waals surface area contributed by atoms with Crippen molar-refractivity contribution in [3.05, 3.63) is 33.6 Å². The van der Waals surface area contributed by atoms with Crippen molar-refractivity contribution in [2.45, 2.75) is 0 Å². The highest BCUT2D eigenvalue weighted by Crippen LogP contribution is 2.28. The van der Waals surface area contributed by atoms with Crippen LogP contribution in [0.3, 0.4) is 0 Å². The third-order valence-corrected chi connectivity index (χ3v) is 1.87. The van der Waals surface area contributed by atoms with Crippen molar-refractivity contribution in [3.8, 4) is 5.75 Å². The topological polar surface area (TPSA) is 78.7 Å². The van der Waals surface area contributed by atoms with Crippen molar-refractivity contribution in [3.63, 3.8) is 0 Å². The first kappa shape index (κ1) is 11.9. The Bertz CT molecular complexity index is 446. The first-order valence-electron chi connectivity index (χ1n) is 4.11. The average Bonchev–Trinajstić information content (AvgIpc) is 2.27. The number of halogens is 1. The van der Waals surface area contributed by atoms with E-state index in [2.05, 4.69) is 4.74 Å². The van der Waals surface area contributed by atoms with E-state index in [0.717, 1.165) is 13.2 Å². The fraction of sp³-hybridized carbons (Fsp3) is 0.222. The first-order chi connectivity index (χ1) is 7.51. The largest absolute Gasteiger partial charge is 0.496 e. The summed E-state index contributed by atoms with van der Waals surface area (Å²) in [5.41, 5.74) is -0.961. The van der Waals surface area contributed by atoms with Crippen LogP contribution in [-0.2, 0) is 4.74 Å². The summed E-state index contributed by atoms with van der Waals surface area (Å²) in [5.74, 6) is -2.06. The Morgan fingerprint density at radius 3 is 2.50 bits per heavy atom. The zero-order chi connectivity index (χ0) is 12.3. The maximum Gasteiger partial charge on any atom is 0.341 e. The molecular formula is C9H8FNO5. The number of carbonyl (C=O) groups is 1. The minimum Gasteiger partial charge on any atom is -0.496 e. The highest BCUT2D eigenvalue weighted by Gasteiger charge is 2.22. The fourth-order valence-electron chi connectivity index (χ4n) is 1.12. The summed E-state index contributed by atoms with van der Waals surface area (Å²) in [6, 6.07) is 1.55. The number of methoxy groups -OCH3 is 2. The Kier molecular flexibility index (Phi) is 3.39. The van der Waals surface area contributed by atoms with Crippen LogP contribution in [0.25, 0.3) is 0 Å². The second-order valence-corrected chi connectivity index (χ2v) is 2.75. The van der Waals surface area contributed by atoms with Crippen LogP contribution in [0.15, 0.2) is 12.1 Å². The number of carbonyl (C=O) groups excluding carboxylic acids is 1. The normalized spacial score (nSPS) is 9.69. The molecule has 16 heavy (non-hydrogen) atoms. The van der Waals surface area contributed by atoms with E-state index >= 15 is 0 Å². The summed E-state index contributed by atoms with van der Waals surface area (Å²) in [6.07, 6.45) is 0. The molecule has 0 aliphatic carbocycles. The van der Waals surface area contributed by atoms with Gasteiger partial charge in [0.25, 0.3) is 0 Å². The van der Waals surface area contributed by atoms with Gasteiger partial charge in [-0.15, -0.1) is 0 Å². The Hall–Kier alpha value is -2.18. The van der Waals surface area contributed by atoms with E-state index in [1.807, 2.05) is 0 Å². The Morgan fingerprint density at radius 1 is 1.44 bits per heavy atom. The van der Waals surface area contributed by atoms with Gasteiger partial charge in [0, 0.05) is 0 Å². The average molecular weight is 229 g/mol. The molecule has 7 heteroatoms. The van der Waals surface area contributed by atoms with Crippen LogP contribution in [0.5, 0.6) is 5.75 Å². The smallest absolute Gasteiger partial charge is 0.341 e. The maximum absolute atomic E-state index is 13.2. The molecule has 0 saturated carbocycles. The standard InChI is InChI=1S/C9H8FNO5/c1-15-8-4-7(11(13)14)6(10)3-5(8)9(12)16-2/h3-4H,1-2H3. The van der Waals surface area contributed by atoms with Gasteiger partial charge in [-0.1, -0.05) is 0 Å². The molecule has 6 nitrogen and oxygen atoms in total. The SMILES string of the molecule is COC(=O)c1cc(F)c([N+](=O)[O-])cc1OC. The van der Waals surface area contributed by atoms with Gasteiger partial charge in [-0.25, -0.2) is 4.79 Å². The molecule has 0 fully saturated rings. The lowest BCUT2D eigenvalue weighted by Gasteiger charge is -2.06. The molecule has 1 rings (SSSR count). The number of nitro groups is 1. The van der Waals surface area contributed by atoms with Gasteiger partial charge in [0.15, 0.2) is 0 Å². The van der Waals surface area contributed by atoms with Gasteiger partial charge in [0.2, 0.25) is 5.82 Å². The molecular weight excluding hydrogens is 221 g/mol. The lowest BCUT2D eigenvalue weighted by molar-refractivity contribution is -0.387. The molecule has 1 aromatic carbocycles. The molecule has 0 spiro atoms. The van der Waals surface area contributed by atoms with E-state index in [1.54, 1.807) is 0 Å². The third-order valence-electron chi connectivity index (χ3n) is 1.87. The van der Waals surface area contributed by atoms with Gasteiger partial charge in [-0.3, -0.25) is 10.1 Å². The number of ether oxygens (including phenoxy) is 2. The van der Waals surface area contributed by atoms with Gasteiger partial charge in [-0.2, -0.15) is 4.39 Å². The Morgan fingerprint density at radius 2 is 2.06 bits per heavy atom. The van der Waals surface area contributed by atoms with E-state index in [-0.39, 0.29) is 11.3 Å². The second kappa shape index (κ2) is 4.56. The molecule has 0 heterocycles. The lowest BCUT2D eigenvalue weighted by atomic mass is 10.1. The van der Waals surface area contributed by atoms with Crippen LogP contribution in [0.1, 0.15) is 10.4 Å².